The zero-order valence-corrected chi connectivity index (χ0v) is 11.5. The molecule has 1 saturated heterocycles. The molecule has 104 valence electrons. The average Bonchev–Trinajstić information content (AvgIpc) is 3.26. The lowest BCUT2D eigenvalue weighted by molar-refractivity contribution is -0.143. The first-order chi connectivity index (χ1) is 9.64. The molecule has 0 radical (unpaired) electrons. The minimum Gasteiger partial charge on any atom is -0.395 e. The Bertz CT molecular complexity index is 600. The molecular formula is C17H18O3. The van der Waals surface area contributed by atoms with E-state index in [1.54, 1.807) is 0 Å². The predicted molar refractivity (Wildman–Crippen MR) is 74.3 cm³/mol. The van der Waals surface area contributed by atoms with Gasteiger partial charge in [-0.15, -0.1) is 0 Å². The molecule has 1 aromatic carbocycles. The highest BCUT2D eigenvalue weighted by atomic mass is 16.6. The third-order valence-corrected chi connectivity index (χ3v) is 5.42. The van der Waals surface area contributed by atoms with Gasteiger partial charge in [0.25, 0.3) is 0 Å². The fourth-order valence-electron chi connectivity index (χ4n) is 4.33. The quantitative estimate of drug-likeness (QED) is 0.661. The minimum atomic E-state index is -0.795. The summed E-state index contributed by atoms with van der Waals surface area (Å²) in [6.07, 6.45) is 2.90. The fraction of sp³-hybridized carbons (Fsp3) is 0.471. The van der Waals surface area contributed by atoms with Crippen LogP contribution in [-0.4, -0.2) is 29.7 Å². The summed E-state index contributed by atoms with van der Waals surface area (Å²) in [6.45, 7) is 2.44. The summed E-state index contributed by atoms with van der Waals surface area (Å²) in [4.78, 5) is 12.9. The van der Waals surface area contributed by atoms with Crippen LogP contribution in [0.3, 0.4) is 0 Å². The number of carbonyl (C=O) groups is 1. The van der Waals surface area contributed by atoms with E-state index in [2.05, 4.69) is 19.1 Å². The molecule has 1 N–H and O–H groups in total. The first-order valence-corrected chi connectivity index (χ1v) is 7.18. The number of Topliss-reactive ketones (excluding diaryl/α,β-unsaturated/α-hetero) is 1. The highest BCUT2D eigenvalue weighted by molar-refractivity contribution is 6.00. The van der Waals surface area contributed by atoms with Crippen molar-refractivity contribution in [2.45, 2.75) is 24.9 Å². The second-order valence-electron chi connectivity index (χ2n) is 6.35. The van der Waals surface area contributed by atoms with Crippen LogP contribution in [0.5, 0.6) is 0 Å². The van der Waals surface area contributed by atoms with Crippen molar-refractivity contribution in [3.63, 3.8) is 0 Å². The molecule has 3 aliphatic carbocycles. The number of ketones is 1. The maximum Gasteiger partial charge on any atom is 0.180 e. The van der Waals surface area contributed by atoms with Crippen LogP contribution in [0.4, 0.5) is 0 Å². The monoisotopic (exact) mass is 270 g/mol. The molecule has 1 heterocycles. The largest absolute Gasteiger partial charge is 0.395 e. The van der Waals surface area contributed by atoms with Gasteiger partial charge in [0.15, 0.2) is 11.4 Å². The molecule has 1 aliphatic heterocycles. The van der Waals surface area contributed by atoms with Gasteiger partial charge in [-0.05, 0) is 18.9 Å². The van der Waals surface area contributed by atoms with Gasteiger partial charge >= 0.3 is 0 Å². The number of aliphatic hydroxyl groups is 1. The Kier molecular flexibility index (Phi) is 2.34. The van der Waals surface area contributed by atoms with E-state index in [-0.39, 0.29) is 24.2 Å². The molecule has 4 unspecified atom stereocenters. The van der Waals surface area contributed by atoms with Gasteiger partial charge in [0, 0.05) is 11.8 Å². The third kappa shape index (κ3) is 1.30. The molecule has 0 aromatic heterocycles. The van der Waals surface area contributed by atoms with Crippen LogP contribution in [0, 0.1) is 11.3 Å². The van der Waals surface area contributed by atoms with Gasteiger partial charge in [0.2, 0.25) is 0 Å². The zero-order valence-electron chi connectivity index (χ0n) is 11.5. The van der Waals surface area contributed by atoms with E-state index in [1.807, 2.05) is 24.3 Å². The molecular weight excluding hydrogens is 252 g/mol. The van der Waals surface area contributed by atoms with Crippen molar-refractivity contribution < 1.29 is 14.6 Å². The van der Waals surface area contributed by atoms with Crippen molar-refractivity contribution in [1.29, 1.82) is 0 Å². The Hall–Kier alpha value is -1.45. The van der Waals surface area contributed by atoms with E-state index in [4.69, 9.17) is 4.74 Å². The Labute approximate surface area is 118 Å². The number of benzene rings is 1. The van der Waals surface area contributed by atoms with E-state index < -0.39 is 11.0 Å². The normalized spacial score (nSPS) is 41.9. The molecule has 20 heavy (non-hydrogen) atoms. The van der Waals surface area contributed by atoms with Crippen molar-refractivity contribution in [2.24, 2.45) is 11.3 Å². The SMILES string of the molecule is CC1=CC2(CO)C(=O)C3(CO3)C1CC2c1ccccc1. The average molecular weight is 270 g/mol. The van der Waals surface area contributed by atoms with Crippen molar-refractivity contribution in [3.8, 4) is 0 Å². The van der Waals surface area contributed by atoms with Crippen molar-refractivity contribution in [1.82, 2.24) is 0 Å². The first-order valence-electron chi connectivity index (χ1n) is 7.18. The van der Waals surface area contributed by atoms with Crippen LogP contribution in [-0.2, 0) is 9.53 Å². The third-order valence-electron chi connectivity index (χ3n) is 5.42. The summed E-state index contributed by atoms with van der Waals surface area (Å²) >= 11 is 0. The van der Waals surface area contributed by atoms with E-state index in [0.29, 0.717) is 6.61 Å². The summed E-state index contributed by atoms with van der Waals surface area (Å²) in [6, 6.07) is 10.1. The van der Waals surface area contributed by atoms with Crippen LogP contribution < -0.4 is 0 Å². The Morgan fingerprint density at radius 2 is 2.00 bits per heavy atom. The zero-order chi connectivity index (χ0) is 14.0. The topological polar surface area (TPSA) is 49.8 Å². The van der Waals surface area contributed by atoms with Gasteiger partial charge in [-0.2, -0.15) is 0 Å². The molecule has 1 aromatic rings. The maximum absolute atomic E-state index is 12.9. The molecule has 1 spiro atoms. The van der Waals surface area contributed by atoms with E-state index >= 15 is 0 Å². The second kappa shape index (κ2) is 3.80. The lowest BCUT2D eigenvalue weighted by Gasteiger charge is -2.51. The van der Waals surface area contributed by atoms with Gasteiger partial charge in [-0.1, -0.05) is 42.0 Å². The highest BCUT2D eigenvalue weighted by Crippen LogP contribution is 2.62. The van der Waals surface area contributed by atoms with Crippen molar-refractivity contribution in [2.75, 3.05) is 13.2 Å². The maximum atomic E-state index is 12.9. The van der Waals surface area contributed by atoms with Gasteiger partial charge in [-0.25, -0.2) is 0 Å². The number of epoxide rings is 1. The Balaban J connectivity index is 1.87. The molecule has 3 heteroatoms. The Morgan fingerprint density at radius 1 is 1.30 bits per heavy atom. The van der Waals surface area contributed by atoms with Crippen LogP contribution in [0.25, 0.3) is 0 Å². The van der Waals surface area contributed by atoms with Gasteiger partial charge in [-0.3, -0.25) is 4.79 Å². The number of carbonyl (C=O) groups excluding carboxylic acids is 1. The van der Waals surface area contributed by atoms with Crippen molar-refractivity contribution in [3.05, 3.63) is 47.5 Å². The van der Waals surface area contributed by atoms with Crippen LogP contribution in [0.1, 0.15) is 24.8 Å². The summed E-state index contributed by atoms with van der Waals surface area (Å²) in [5, 5.41) is 10.0. The summed E-state index contributed by atoms with van der Waals surface area (Å²) in [5.74, 6) is 0.321. The summed E-state index contributed by atoms with van der Waals surface area (Å²) < 4.78 is 5.56. The number of fused-ring (bicyclic) bond motifs is 1. The highest BCUT2D eigenvalue weighted by Gasteiger charge is 2.71. The molecule has 4 aliphatic rings. The van der Waals surface area contributed by atoms with Gasteiger partial charge in [0.1, 0.15) is 0 Å². The molecule has 4 atom stereocenters. The van der Waals surface area contributed by atoms with E-state index in [0.717, 1.165) is 12.0 Å². The summed E-state index contributed by atoms with van der Waals surface area (Å²) in [7, 11) is 0. The minimum absolute atomic E-state index is 0.0599. The smallest absolute Gasteiger partial charge is 0.180 e. The molecule has 5 rings (SSSR count). The first kappa shape index (κ1) is 12.3. The number of hydrogen-bond donors (Lipinski definition) is 1. The predicted octanol–water partition coefficient (Wildman–Crippen LogP) is 2.07. The number of hydrogen-bond acceptors (Lipinski definition) is 3. The Morgan fingerprint density at radius 3 is 2.60 bits per heavy atom. The fourth-order valence-corrected chi connectivity index (χ4v) is 4.33. The molecule has 2 bridgehead atoms. The van der Waals surface area contributed by atoms with Crippen LogP contribution >= 0.6 is 0 Å². The van der Waals surface area contributed by atoms with Gasteiger partial charge < -0.3 is 9.84 Å². The molecule has 0 amide bonds. The number of rotatable bonds is 2. The second-order valence-corrected chi connectivity index (χ2v) is 6.35. The lowest BCUT2D eigenvalue weighted by Crippen LogP contribution is -2.58. The van der Waals surface area contributed by atoms with Crippen molar-refractivity contribution >= 4 is 5.78 Å². The molecule has 1 saturated carbocycles. The number of ether oxygens (including phenoxy) is 1. The van der Waals surface area contributed by atoms with Gasteiger partial charge in [0.05, 0.1) is 18.6 Å². The number of aliphatic hydroxyl groups excluding tert-OH is 1. The van der Waals surface area contributed by atoms with Crippen LogP contribution in [0.2, 0.25) is 0 Å². The molecule has 3 nitrogen and oxygen atoms in total. The molecule has 2 fully saturated rings. The lowest BCUT2D eigenvalue weighted by atomic mass is 9.51. The van der Waals surface area contributed by atoms with E-state index in [1.165, 1.54) is 5.57 Å². The standard InChI is InChI=1S/C17H18O3/c1-11-8-16(9-18)14(12-5-3-2-4-6-12)7-13(11)17(10-20-17)15(16)19/h2-6,8,13-14,18H,7,9-10H2,1H3. The van der Waals surface area contributed by atoms with E-state index in [9.17, 15) is 9.90 Å². The summed E-state index contributed by atoms with van der Waals surface area (Å²) in [5.41, 5.74) is 0.922. The van der Waals surface area contributed by atoms with Crippen LogP contribution in [0.15, 0.2) is 42.0 Å².